The summed E-state index contributed by atoms with van der Waals surface area (Å²) >= 11 is 0. The monoisotopic (exact) mass is 602 g/mol. The van der Waals surface area contributed by atoms with Crippen molar-refractivity contribution in [2.45, 2.75) is 19.3 Å². The summed E-state index contributed by atoms with van der Waals surface area (Å²) in [7, 11) is 0. The van der Waals surface area contributed by atoms with Gasteiger partial charge in [0.05, 0.1) is 27.8 Å². The van der Waals surface area contributed by atoms with Crippen molar-refractivity contribution in [3.8, 4) is 34.0 Å². The standard InChI is InChI=1S/C43H30N4/c1-43(2)34-17-9-6-14-30(34)31-22-20-28(26-35(31)43)40-32-15-7-10-18-36(32)44-42(45-40)47-37-19-11-8-16-33(37)39-38(47)23-21-27-24-25-46(41(27)39)29-12-4-3-5-13-29/h3-26H,1-2H3. The molecule has 0 spiro atoms. The van der Waals surface area contributed by atoms with Gasteiger partial charge in [-0.2, -0.15) is 0 Å². The quantitative estimate of drug-likeness (QED) is 0.202. The fourth-order valence-electron chi connectivity index (χ4n) is 7.94. The Morgan fingerprint density at radius 3 is 2.21 bits per heavy atom. The number of nitrogens with zero attached hydrogens (tertiary/aromatic N) is 4. The molecule has 47 heavy (non-hydrogen) atoms. The van der Waals surface area contributed by atoms with Gasteiger partial charge in [-0.15, -0.1) is 0 Å². The van der Waals surface area contributed by atoms with Crippen LogP contribution in [0.25, 0.3) is 77.6 Å². The molecular weight excluding hydrogens is 573 g/mol. The molecule has 3 heterocycles. The molecular formula is C43H30N4. The van der Waals surface area contributed by atoms with Crippen molar-refractivity contribution in [3.05, 3.63) is 157 Å². The van der Waals surface area contributed by atoms with Crippen molar-refractivity contribution in [2.24, 2.45) is 0 Å². The molecule has 0 fully saturated rings. The van der Waals surface area contributed by atoms with Gasteiger partial charge in [0, 0.05) is 44.4 Å². The summed E-state index contributed by atoms with van der Waals surface area (Å²) in [6, 6.07) is 49.9. The first-order valence-corrected chi connectivity index (χ1v) is 16.2. The molecule has 0 saturated heterocycles. The number of rotatable bonds is 3. The first-order chi connectivity index (χ1) is 23.1. The molecule has 3 aromatic heterocycles. The third-order valence-corrected chi connectivity index (χ3v) is 10.2. The highest BCUT2D eigenvalue weighted by Gasteiger charge is 2.35. The average Bonchev–Trinajstić information content (AvgIpc) is 3.77. The molecule has 0 amide bonds. The van der Waals surface area contributed by atoms with E-state index < -0.39 is 0 Å². The summed E-state index contributed by atoms with van der Waals surface area (Å²) in [4.78, 5) is 10.7. The second kappa shape index (κ2) is 9.51. The topological polar surface area (TPSA) is 35.6 Å². The Labute approximate surface area is 272 Å². The molecule has 0 radical (unpaired) electrons. The van der Waals surface area contributed by atoms with Crippen LogP contribution in [-0.4, -0.2) is 19.1 Å². The van der Waals surface area contributed by atoms with Crippen molar-refractivity contribution in [3.63, 3.8) is 0 Å². The van der Waals surface area contributed by atoms with Crippen LogP contribution in [-0.2, 0) is 5.41 Å². The minimum Gasteiger partial charge on any atom is -0.316 e. The van der Waals surface area contributed by atoms with E-state index in [0.717, 1.165) is 38.9 Å². The van der Waals surface area contributed by atoms with Gasteiger partial charge in [0.25, 0.3) is 0 Å². The number of para-hydroxylation sites is 3. The van der Waals surface area contributed by atoms with Gasteiger partial charge in [-0.25, -0.2) is 9.97 Å². The highest BCUT2D eigenvalue weighted by molar-refractivity contribution is 6.20. The zero-order valence-corrected chi connectivity index (χ0v) is 26.1. The van der Waals surface area contributed by atoms with Gasteiger partial charge < -0.3 is 4.57 Å². The molecule has 10 rings (SSSR count). The molecule has 0 unspecified atom stereocenters. The van der Waals surface area contributed by atoms with E-state index in [1.54, 1.807) is 0 Å². The van der Waals surface area contributed by atoms with E-state index in [0.29, 0.717) is 5.95 Å². The minimum atomic E-state index is -0.0977. The van der Waals surface area contributed by atoms with Crippen molar-refractivity contribution >= 4 is 43.6 Å². The second-order valence-electron chi connectivity index (χ2n) is 13.1. The smallest absolute Gasteiger partial charge is 0.235 e. The van der Waals surface area contributed by atoms with Gasteiger partial charge in [0.15, 0.2) is 0 Å². The van der Waals surface area contributed by atoms with Crippen LogP contribution in [0.15, 0.2) is 146 Å². The molecule has 0 bridgehead atoms. The van der Waals surface area contributed by atoms with Gasteiger partial charge in [-0.05, 0) is 64.7 Å². The predicted molar refractivity (Wildman–Crippen MR) is 194 cm³/mol. The van der Waals surface area contributed by atoms with E-state index in [2.05, 4.69) is 169 Å². The Kier molecular flexibility index (Phi) is 5.31. The van der Waals surface area contributed by atoms with E-state index in [9.17, 15) is 0 Å². The Morgan fingerprint density at radius 1 is 0.574 bits per heavy atom. The third-order valence-electron chi connectivity index (χ3n) is 10.2. The number of fused-ring (bicyclic) bond motifs is 9. The first-order valence-electron chi connectivity index (χ1n) is 16.2. The maximum atomic E-state index is 5.43. The lowest BCUT2D eigenvalue weighted by atomic mass is 9.82. The minimum absolute atomic E-state index is 0.0977. The number of benzene rings is 6. The zero-order chi connectivity index (χ0) is 31.3. The predicted octanol–water partition coefficient (Wildman–Crippen LogP) is 10.6. The van der Waals surface area contributed by atoms with Gasteiger partial charge in [0.2, 0.25) is 5.95 Å². The summed E-state index contributed by atoms with van der Waals surface area (Å²) in [6.45, 7) is 4.66. The normalized spacial score (nSPS) is 13.5. The SMILES string of the molecule is CC1(C)c2ccccc2-c2ccc(-c3nc(-n4c5ccccc5c5c6c(ccc54)ccn6-c4ccccc4)nc4ccccc34)cc21. The molecule has 1 aliphatic carbocycles. The number of hydrogen-bond donors (Lipinski definition) is 0. The summed E-state index contributed by atoms with van der Waals surface area (Å²) in [5.41, 5.74) is 12.7. The van der Waals surface area contributed by atoms with E-state index >= 15 is 0 Å². The van der Waals surface area contributed by atoms with Crippen LogP contribution in [0.4, 0.5) is 0 Å². The zero-order valence-electron chi connectivity index (χ0n) is 26.1. The molecule has 0 N–H and O–H groups in total. The van der Waals surface area contributed by atoms with Crippen molar-refractivity contribution in [1.82, 2.24) is 19.1 Å². The van der Waals surface area contributed by atoms with Crippen molar-refractivity contribution < 1.29 is 0 Å². The molecule has 4 heteroatoms. The van der Waals surface area contributed by atoms with Gasteiger partial charge in [0.1, 0.15) is 0 Å². The van der Waals surface area contributed by atoms with Crippen LogP contribution in [0.1, 0.15) is 25.0 Å². The maximum Gasteiger partial charge on any atom is 0.235 e. The van der Waals surface area contributed by atoms with Crippen LogP contribution in [0.5, 0.6) is 0 Å². The van der Waals surface area contributed by atoms with Crippen LogP contribution in [0, 0.1) is 0 Å². The van der Waals surface area contributed by atoms with Crippen molar-refractivity contribution in [1.29, 1.82) is 0 Å². The van der Waals surface area contributed by atoms with Gasteiger partial charge >= 0.3 is 0 Å². The van der Waals surface area contributed by atoms with Crippen LogP contribution in [0.3, 0.4) is 0 Å². The van der Waals surface area contributed by atoms with E-state index in [4.69, 9.17) is 9.97 Å². The lowest BCUT2D eigenvalue weighted by Crippen LogP contribution is -2.15. The second-order valence-corrected chi connectivity index (χ2v) is 13.1. The van der Waals surface area contributed by atoms with Gasteiger partial charge in [-0.1, -0.05) is 111 Å². The van der Waals surface area contributed by atoms with Crippen LogP contribution in [0.2, 0.25) is 0 Å². The summed E-state index contributed by atoms with van der Waals surface area (Å²) < 4.78 is 4.54. The first kappa shape index (κ1) is 26.2. The average molecular weight is 603 g/mol. The highest BCUT2D eigenvalue weighted by Crippen LogP contribution is 2.49. The largest absolute Gasteiger partial charge is 0.316 e. The van der Waals surface area contributed by atoms with Crippen LogP contribution >= 0.6 is 0 Å². The number of hydrogen-bond acceptors (Lipinski definition) is 2. The van der Waals surface area contributed by atoms with Crippen molar-refractivity contribution in [2.75, 3.05) is 0 Å². The van der Waals surface area contributed by atoms with E-state index in [1.165, 1.54) is 43.9 Å². The molecule has 0 aliphatic heterocycles. The molecule has 1 aliphatic rings. The molecule has 0 saturated carbocycles. The molecule has 9 aromatic rings. The summed E-state index contributed by atoms with van der Waals surface area (Å²) in [6.07, 6.45) is 2.17. The molecule has 222 valence electrons. The fourth-order valence-corrected chi connectivity index (χ4v) is 7.94. The summed E-state index contributed by atoms with van der Waals surface area (Å²) in [5, 5.41) is 4.62. The lowest BCUT2D eigenvalue weighted by molar-refractivity contribution is 0.660. The lowest BCUT2D eigenvalue weighted by Gasteiger charge is -2.22. The Balaban J connectivity index is 1.26. The fraction of sp³-hybridized carbons (Fsp3) is 0.0698. The van der Waals surface area contributed by atoms with Gasteiger partial charge in [-0.3, -0.25) is 4.57 Å². The maximum absolute atomic E-state index is 5.43. The highest BCUT2D eigenvalue weighted by atomic mass is 15.2. The van der Waals surface area contributed by atoms with Crippen LogP contribution < -0.4 is 0 Å². The Morgan fingerprint density at radius 2 is 1.32 bits per heavy atom. The Hall–Kier alpha value is -6.00. The third kappa shape index (κ3) is 3.64. The van der Waals surface area contributed by atoms with E-state index in [-0.39, 0.29) is 5.41 Å². The molecule has 6 aromatic carbocycles. The number of aromatic nitrogens is 4. The summed E-state index contributed by atoms with van der Waals surface area (Å²) in [5.74, 6) is 0.671. The Bertz CT molecular complexity index is 2710. The van der Waals surface area contributed by atoms with E-state index in [1.807, 2.05) is 0 Å². The molecule has 4 nitrogen and oxygen atoms in total. The molecule has 0 atom stereocenters.